The fourth-order valence-corrected chi connectivity index (χ4v) is 0. The summed E-state index contributed by atoms with van der Waals surface area (Å²) in [7, 11) is 0. The van der Waals surface area contributed by atoms with Gasteiger partial charge in [-0.25, -0.2) is 0 Å². The summed E-state index contributed by atoms with van der Waals surface area (Å²) >= 11 is 0. The van der Waals surface area contributed by atoms with Crippen LogP contribution in [0, 0.1) is 17.5 Å². The Labute approximate surface area is 29.1 Å². The molecular formula is CH2NO3. The summed E-state index contributed by atoms with van der Waals surface area (Å²) in [4.78, 5) is 8.36. The molecular weight excluding hydrogens is 74.0 g/mol. The summed E-state index contributed by atoms with van der Waals surface area (Å²) < 4.78 is 0. The average Bonchev–Trinajstić information content (AvgIpc) is 0.811. The van der Waals surface area contributed by atoms with Crippen LogP contribution in [0.15, 0.2) is 0 Å². The van der Waals surface area contributed by atoms with Gasteiger partial charge in [0.1, 0.15) is 0 Å². The molecule has 3 radical (unpaired) electrons. The van der Waals surface area contributed by atoms with Crippen LogP contribution in [0.5, 0.6) is 0 Å². The molecule has 5 heavy (non-hydrogen) atoms. The Morgan fingerprint density at radius 3 is 1.80 bits per heavy atom. The van der Waals surface area contributed by atoms with Crippen molar-refractivity contribution in [3.05, 3.63) is 17.5 Å². The highest BCUT2D eigenvalue weighted by Crippen LogP contribution is 1.38. The molecule has 0 aliphatic heterocycles. The van der Waals surface area contributed by atoms with Gasteiger partial charge in [0.25, 0.3) is 5.09 Å². The normalized spacial score (nSPS) is 4.80. The first kappa shape index (κ1) is 8.89. The van der Waals surface area contributed by atoms with Gasteiger partial charge in [0.2, 0.25) is 0 Å². The highest BCUT2D eigenvalue weighted by molar-refractivity contribution is 3.83. The second-order valence-electron chi connectivity index (χ2n) is 0.238. The van der Waals surface area contributed by atoms with Gasteiger partial charge in [-0.1, -0.05) is 0 Å². The zero-order valence-corrected chi connectivity index (χ0v) is 2.29. The minimum atomic E-state index is -1.50. The van der Waals surface area contributed by atoms with Crippen LogP contribution in [0.2, 0.25) is 0 Å². The molecule has 29 valence electrons. The molecule has 1 N–H and O–H groups in total. The molecule has 0 fully saturated rings. The lowest BCUT2D eigenvalue weighted by Gasteiger charge is -1.56. The van der Waals surface area contributed by atoms with Crippen molar-refractivity contribution in [1.29, 1.82) is 0 Å². The quantitative estimate of drug-likeness (QED) is 0.322. The van der Waals surface area contributed by atoms with E-state index in [4.69, 9.17) is 15.3 Å². The van der Waals surface area contributed by atoms with Gasteiger partial charge in [-0.05, 0) is 7.43 Å². The van der Waals surface area contributed by atoms with Crippen LogP contribution in [0.3, 0.4) is 0 Å². The van der Waals surface area contributed by atoms with Gasteiger partial charge < -0.3 is 5.21 Å². The molecule has 0 saturated heterocycles. The Morgan fingerprint density at radius 1 is 1.80 bits per heavy atom. The van der Waals surface area contributed by atoms with E-state index in [1.165, 1.54) is 0 Å². The first-order chi connectivity index (χ1) is 1.73. The molecule has 0 unspecified atom stereocenters. The lowest BCUT2D eigenvalue weighted by Crippen LogP contribution is -1.81. The summed E-state index contributed by atoms with van der Waals surface area (Å²) in [5, 5.41) is 13.6. The number of hydrogen-bond donors (Lipinski definition) is 1. The molecule has 0 spiro atoms. The van der Waals surface area contributed by atoms with E-state index in [0.717, 1.165) is 0 Å². The summed E-state index contributed by atoms with van der Waals surface area (Å²) in [6.45, 7) is 0. The van der Waals surface area contributed by atoms with Crippen LogP contribution in [-0.4, -0.2) is 10.3 Å². The predicted molar refractivity (Wildman–Crippen MR) is 13.1 cm³/mol. The van der Waals surface area contributed by atoms with Crippen LogP contribution in [0.25, 0.3) is 0 Å². The minimum absolute atomic E-state index is 0. The van der Waals surface area contributed by atoms with E-state index in [1.807, 2.05) is 0 Å². The van der Waals surface area contributed by atoms with Crippen molar-refractivity contribution in [1.82, 2.24) is 0 Å². The van der Waals surface area contributed by atoms with E-state index in [9.17, 15) is 0 Å². The average molecular weight is 76.0 g/mol. The van der Waals surface area contributed by atoms with Crippen LogP contribution >= 0.6 is 0 Å². The zero-order chi connectivity index (χ0) is 3.58. The summed E-state index contributed by atoms with van der Waals surface area (Å²) in [6, 6.07) is 0. The largest absolute Gasteiger partial charge is 0.328 e. The van der Waals surface area contributed by atoms with Gasteiger partial charge in [0, 0.05) is 0 Å². The predicted octanol–water partition coefficient (Wildman–Crippen LogP) is -0.143. The van der Waals surface area contributed by atoms with E-state index in [0.29, 0.717) is 0 Å². The van der Waals surface area contributed by atoms with Crippen molar-refractivity contribution < 1.29 is 10.3 Å². The molecule has 0 rings (SSSR count). The molecule has 0 atom stereocenters. The van der Waals surface area contributed by atoms with E-state index in [1.54, 1.807) is 0 Å². The molecule has 0 bridgehead atoms. The summed E-state index contributed by atoms with van der Waals surface area (Å²) in [5.74, 6) is 0. The van der Waals surface area contributed by atoms with Crippen LogP contribution in [0.1, 0.15) is 0 Å². The van der Waals surface area contributed by atoms with Crippen molar-refractivity contribution in [3.8, 4) is 0 Å². The van der Waals surface area contributed by atoms with Gasteiger partial charge >= 0.3 is 0 Å². The molecule has 0 aliphatic carbocycles. The number of hydrogen-bond acceptors (Lipinski definition) is 2. The fourth-order valence-electron chi connectivity index (χ4n) is 0. The van der Waals surface area contributed by atoms with Crippen LogP contribution in [0.4, 0.5) is 0 Å². The van der Waals surface area contributed by atoms with Gasteiger partial charge in [0.05, 0.1) is 0 Å². The maximum atomic E-state index is 8.36. The smallest absolute Gasteiger partial charge is 0.291 e. The second kappa shape index (κ2) is 3.20. The molecule has 0 saturated carbocycles. The first-order valence-electron chi connectivity index (χ1n) is 0.565. The van der Waals surface area contributed by atoms with E-state index >= 15 is 0 Å². The Kier molecular flexibility index (Phi) is 5.69. The zero-order valence-electron chi connectivity index (χ0n) is 2.29. The van der Waals surface area contributed by atoms with Crippen molar-refractivity contribution in [3.63, 3.8) is 0 Å². The lowest BCUT2D eigenvalue weighted by atomic mass is 12.0. The Balaban J connectivity index is 0. The summed E-state index contributed by atoms with van der Waals surface area (Å²) in [5.41, 5.74) is 0. The molecule has 0 aliphatic rings. The Hall–Kier alpha value is -0.800. The highest BCUT2D eigenvalue weighted by atomic mass is 16.9. The molecule has 0 heterocycles. The molecule has 4 heteroatoms. The molecule has 0 aromatic carbocycles. The van der Waals surface area contributed by atoms with Crippen LogP contribution < -0.4 is 0 Å². The van der Waals surface area contributed by atoms with Crippen molar-refractivity contribution in [2.45, 2.75) is 0 Å². The molecule has 0 aromatic heterocycles. The van der Waals surface area contributed by atoms with Crippen molar-refractivity contribution in [2.24, 2.45) is 0 Å². The SMILES string of the molecule is O=[N+]([O-])O.[CH]. The Morgan fingerprint density at radius 2 is 1.80 bits per heavy atom. The van der Waals surface area contributed by atoms with E-state index in [-0.39, 0.29) is 7.43 Å². The topological polar surface area (TPSA) is 63.4 Å². The third kappa shape index (κ3) is 7.20. The fraction of sp³-hybridized carbons (Fsp3) is 0. The lowest BCUT2D eigenvalue weighted by molar-refractivity contribution is -0.742. The third-order valence-electron chi connectivity index (χ3n) is 0. The van der Waals surface area contributed by atoms with Crippen molar-refractivity contribution in [2.75, 3.05) is 0 Å². The second-order valence-corrected chi connectivity index (χ2v) is 0.238. The summed E-state index contributed by atoms with van der Waals surface area (Å²) in [6.07, 6.45) is 0. The first-order valence-corrected chi connectivity index (χ1v) is 0.565. The molecule has 0 amide bonds. The van der Waals surface area contributed by atoms with E-state index in [2.05, 4.69) is 0 Å². The maximum absolute atomic E-state index is 8.36. The minimum Gasteiger partial charge on any atom is -0.328 e. The Bertz CT molecular complexity index is 29.9. The van der Waals surface area contributed by atoms with E-state index < -0.39 is 5.09 Å². The molecule has 0 aromatic rings. The maximum Gasteiger partial charge on any atom is 0.291 e. The number of rotatable bonds is 0. The highest BCUT2D eigenvalue weighted by Gasteiger charge is 1.65. The monoisotopic (exact) mass is 76.0 g/mol. The van der Waals surface area contributed by atoms with Gasteiger partial charge in [0.15, 0.2) is 0 Å². The van der Waals surface area contributed by atoms with Gasteiger partial charge in [-0.2, -0.15) is 0 Å². The standard InChI is InChI=1S/CH.HNO3/c;2-1(3)4/h1H;(H,2,3,4). The van der Waals surface area contributed by atoms with Gasteiger partial charge in [-0.15, -0.1) is 10.1 Å². The third-order valence-corrected chi connectivity index (χ3v) is 0. The van der Waals surface area contributed by atoms with Gasteiger partial charge in [-0.3, -0.25) is 0 Å². The molecule has 4 nitrogen and oxygen atoms in total. The number of nitrogens with zero attached hydrogens (tertiary/aromatic N) is 1. The van der Waals surface area contributed by atoms with Crippen LogP contribution in [-0.2, 0) is 0 Å². The van der Waals surface area contributed by atoms with Crippen molar-refractivity contribution >= 4 is 0 Å².